The highest BCUT2D eigenvalue weighted by Crippen LogP contribution is 2.23. The molecule has 1 heterocycles. The van der Waals surface area contributed by atoms with Gasteiger partial charge in [0.2, 0.25) is 10.0 Å². The van der Waals surface area contributed by atoms with Crippen LogP contribution in [0.2, 0.25) is 0 Å². The summed E-state index contributed by atoms with van der Waals surface area (Å²) in [5.41, 5.74) is 0.139. The quantitative estimate of drug-likeness (QED) is 0.840. The normalized spacial score (nSPS) is 21.1. The summed E-state index contributed by atoms with van der Waals surface area (Å²) in [6, 6.07) is -0.0133. The van der Waals surface area contributed by atoms with Gasteiger partial charge >= 0.3 is 0 Å². The lowest BCUT2D eigenvalue weighted by molar-refractivity contribution is 0.111. The summed E-state index contributed by atoms with van der Waals surface area (Å²) in [5, 5.41) is -0.219. The molecule has 0 spiro atoms. The molecular formula is C12H26N2O2S. The lowest BCUT2D eigenvalue weighted by Crippen LogP contribution is -2.50. The minimum atomic E-state index is -3.13. The van der Waals surface area contributed by atoms with Crippen LogP contribution in [0.1, 0.15) is 47.5 Å². The average Bonchev–Trinajstić information content (AvgIpc) is 2.14. The molecule has 0 aromatic carbocycles. The van der Waals surface area contributed by atoms with E-state index in [9.17, 15) is 8.42 Å². The Bertz CT molecular complexity index is 336. The highest BCUT2D eigenvalue weighted by molar-refractivity contribution is 7.90. The molecule has 0 radical (unpaired) electrons. The van der Waals surface area contributed by atoms with Gasteiger partial charge < -0.3 is 0 Å². The first-order valence-electron chi connectivity index (χ1n) is 6.39. The van der Waals surface area contributed by atoms with E-state index in [0.717, 1.165) is 25.9 Å². The second kappa shape index (κ2) is 5.24. The molecule has 0 aromatic rings. The zero-order valence-electron chi connectivity index (χ0n) is 11.7. The van der Waals surface area contributed by atoms with Crippen molar-refractivity contribution in [2.24, 2.45) is 0 Å². The number of hydrogen-bond acceptors (Lipinski definition) is 3. The summed E-state index contributed by atoms with van der Waals surface area (Å²) in [6.45, 7) is 12.0. The number of hydrogen-bond donors (Lipinski definition) is 1. The van der Waals surface area contributed by atoms with Gasteiger partial charge in [-0.1, -0.05) is 0 Å². The summed E-state index contributed by atoms with van der Waals surface area (Å²) >= 11 is 0. The van der Waals surface area contributed by atoms with E-state index in [4.69, 9.17) is 0 Å². The van der Waals surface area contributed by atoms with E-state index in [2.05, 4.69) is 30.4 Å². The average molecular weight is 262 g/mol. The zero-order valence-corrected chi connectivity index (χ0v) is 12.5. The molecule has 0 saturated carbocycles. The Morgan fingerprint density at radius 2 is 1.65 bits per heavy atom. The van der Waals surface area contributed by atoms with E-state index in [1.165, 1.54) is 0 Å². The Labute approximate surface area is 106 Å². The van der Waals surface area contributed by atoms with Gasteiger partial charge in [-0.05, 0) is 60.5 Å². The van der Waals surface area contributed by atoms with Crippen molar-refractivity contribution >= 4 is 10.0 Å². The van der Waals surface area contributed by atoms with Crippen LogP contribution in [0.5, 0.6) is 0 Å². The molecule has 0 unspecified atom stereocenters. The second-order valence-electron chi connectivity index (χ2n) is 6.17. The van der Waals surface area contributed by atoms with E-state index >= 15 is 0 Å². The molecule has 1 rings (SSSR count). The van der Waals surface area contributed by atoms with Crippen molar-refractivity contribution in [2.75, 3.05) is 13.1 Å². The molecule has 0 aromatic heterocycles. The Hall–Kier alpha value is -0.130. The van der Waals surface area contributed by atoms with E-state index in [1.54, 1.807) is 0 Å². The molecule has 1 aliphatic heterocycles. The van der Waals surface area contributed by atoms with Crippen LogP contribution < -0.4 is 4.72 Å². The molecule has 0 bridgehead atoms. The molecule has 5 heteroatoms. The van der Waals surface area contributed by atoms with Crippen LogP contribution in [0.4, 0.5) is 0 Å². The molecule has 0 aliphatic carbocycles. The van der Waals surface area contributed by atoms with Crippen LogP contribution in [-0.4, -0.2) is 43.2 Å². The van der Waals surface area contributed by atoms with Crippen LogP contribution in [0, 0.1) is 0 Å². The van der Waals surface area contributed by atoms with Gasteiger partial charge in [0.15, 0.2) is 0 Å². The Morgan fingerprint density at radius 3 is 2.00 bits per heavy atom. The number of nitrogens with zero attached hydrogens (tertiary/aromatic N) is 1. The molecule has 1 N–H and O–H groups in total. The molecule has 102 valence electrons. The fraction of sp³-hybridized carbons (Fsp3) is 1.00. The monoisotopic (exact) mass is 262 g/mol. The van der Waals surface area contributed by atoms with E-state index in [-0.39, 0.29) is 16.8 Å². The topological polar surface area (TPSA) is 49.4 Å². The Kier molecular flexibility index (Phi) is 4.60. The van der Waals surface area contributed by atoms with Crippen LogP contribution in [-0.2, 0) is 10.0 Å². The maximum Gasteiger partial charge on any atom is 0.214 e. The van der Waals surface area contributed by atoms with Crippen molar-refractivity contribution in [3.63, 3.8) is 0 Å². The number of nitrogens with one attached hydrogen (secondary N) is 1. The third-order valence-electron chi connectivity index (χ3n) is 3.23. The van der Waals surface area contributed by atoms with Crippen LogP contribution >= 0.6 is 0 Å². The third-order valence-corrected chi connectivity index (χ3v) is 5.38. The van der Waals surface area contributed by atoms with Crippen molar-refractivity contribution in [3.05, 3.63) is 0 Å². The Morgan fingerprint density at radius 1 is 1.18 bits per heavy atom. The van der Waals surface area contributed by atoms with Crippen molar-refractivity contribution in [2.45, 2.75) is 64.3 Å². The van der Waals surface area contributed by atoms with Gasteiger partial charge in [0.1, 0.15) is 0 Å². The number of sulfonamides is 1. The van der Waals surface area contributed by atoms with Crippen LogP contribution in [0.15, 0.2) is 0 Å². The minimum absolute atomic E-state index is 0.0133. The van der Waals surface area contributed by atoms with Gasteiger partial charge in [-0.2, -0.15) is 0 Å². The molecule has 4 nitrogen and oxygen atoms in total. The van der Waals surface area contributed by atoms with Gasteiger partial charge in [-0.3, -0.25) is 4.90 Å². The largest absolute Gasteiger partial charge is 0.298 e. The second-order valence-corrected chi connectivity index (χ2v) is 8.17. The number of rotatable bonds is 3. The highest BCUT2D eigenvalue weighted by Gasteiger charge is 2.33. The summed E-state index contributed by atoms with van der Waals surface area (Å²) in [5.74, 6) is 0. The molecular weight excluding hydrogens is 236 g/mol. The summed E-state index contributed by atoms with van der Waals surface area (Å²) in [6.07, 6.45) is 1.47. The fourth-order valence-corrected chi connectivity index (χ4v) is 3.94. The predicted molar refractivity (Wildman–Crippen MR) is 71.5 cm³/mol. The number of likely N-dealkylation sites (tertiary alicyclic amines) is 1. The van der Waals surface area contributed by atoms with Gasteiger partial charge in [0.05, 0.1) is 5.25 Å². The molecule has 1 aliphatic rings. The van der Waals surface area contributed by atoms with Crippen molar-refractivity contribution in [1.29, 1.82) is 0 Å². The first-order valence-corrected chi connectivity index (χ1v) is 7.94. The lowest BCUT2D eigenvalue weighted by Gasteiger charge is -2.40. The van der Waals surface area contributed by atoms with Gasteiger partial charge in [0.25, 0.3) is 0 Å². The number of piperidine rings is 1. The molecule has 0 amide bonds. The van der Waals surface area contributed by atoms with Gasteiger partial charge in [-0.25, -0.2) is 13.1 Å². The van der Waals surface area contributed by atoms with Crippen LogP contribution in [0.3, 0.4) is 0 Å². The highest BCUT2D eigenvalue weighted by atomic mass is 32.2. The van der Waals surface area contributed by atoms with Gasteiger partial charge in [0, 0.05) is 11.6 Å². The van der Waals surface area contributed by atoms with Gasteiger partial charge in [-0.15, -0.1) is 0 Å². The Balaban J connectivity index is 2.58. The molecule has 1 fully saturated rings. The zero-order chi connectivity index (χ0) is 13.3. The van der Waals surface area contributed by atoms with Crippen molar-refractivity contribution < 1.29 is 8.42 Å². The lowest BCUT2D eigenvalue weighted by atomic mass is 10.0. The van der Waals surface area contributed by atoms with Crippen molar-refractivity contribution in [1.82, 2.24) is 9.62 Å². The maximum absolute atomic E-state index is 12.0. The first kappa shape index (κ1) is 14.9. The minimum Gasteiger partial charge on any atom is -0.298 e. The smallest absolute Gasteiger partial charge is 0.214 e. The van der Waals surface area contributed by atoms with E-state index in [1.807, 2.05) is 13.8 Å². The molecule has 17 heavy (non-hydrogen) atoms. The molecule has 1 saturated heterocycles. The summed E-state index contributed by atoms with van der Waals surface area (Å²) in [4.78, 5) is 2.36. The SMILES string of the molecule is CC(C)NS(=O)(=O)C1CCN(C(C)(C)C)CC1. The predicted octanol–water partition coefficient (Wildman–Crippen LogP) is 1.58. The summed E-state index contributed by atoms with van der Waals surface area (Å²) in [7, 11) is -3.13. The van der Waals surface area contributed by atoms with E-state index < -0.39 is 10.0 Å². The van der Waals surface area contributed by atoms with Crippen LogP contribution in [0.25, 0.3) is 0 Å². The maximum atomic E-state index is 12.0. The van der Waals surface area contributed by atoms with E-state index in [0.29, 0.717) is 0 Å². The fourth-order valence-electron chi connectivity index (χ4n) is 2.26. The third kappa shape index (κ3) is 4.23. The standard InChI is InChI=1S/C12H26N2O2S/c1-10(2)13-17(15,16)11-6-8-14(9-7-11)12(3,4)5/h10-11,13H,6-9H2,1-5H3. The van der Waals surface area contributed by atoms with Crippen molar-refractivity contribution in [3.8, 4) is 0 Å². The molecule has 0 atom stereocenters. The summed E-state index contributed by atoms with van der Waals surface area (Å²) < 4.78 is 26.7. The first-order chi connectivity index (χ1) is 7.63.